The van der Waals surface area contributed by atoms with Crippen molar-refractivity contribution in [1.29, 1.82) is 0 Å². The standard InChI is InChI=1S/C10H8Cl2N4O2/c1-5(10(17)18)16-9(13-14-15-16)6-3-2-4-7(11)8(6)12/h2-5H,1H3,(H,17,18). The van der Waals surface area contributed by atoms with Crippen molar-refractivity contribution in [3.8, 4) is 11.4 Å². The van der Waals surface area contributed by atoms with E-state index >= 15 is 0 Å². The summed E-state index contributed by atoms with van der Waals surface area (Å²) < 4.78 is 1.18. The smallest absolute Gasteiger partial charge is 0.328 e. The van der Waals surface area contributed by atoms with Gasteiger partial charge in [-0.2, -0.15) is 0 Å². The Balaban J connectivity index is 2.56. The lowest BCUT2D eigenvalue weighted by Gasteiger charge is -2.10. The molecule has 1 aromatic heterocycles. The number of hydrogen-bond donors (Lipinski definition) is 1. The molecule has 6 nitrogen and oxygen atoms in total. The molecule has 0 fully saturated rings. The van der Waals surface area contributed by atoms with Gasteiger partial charge in [0, 0.05) is 5.56 Å². The summed E-state index contributed by atoms with van der Waals surface area (Å²) in [7, 11) is 0. The number of carboxylic acid groups (broad SMARTS) is 1. The van der Waals surface area contributed by atoms with Crippen molar-refractivity contribution < 1.29 is 9.90 Å². The Morgan fingerprint density at radius 1 is 1.44 bits per heavy atom. The van der Waals surface area contributed by atoms with Gasteiger partial charge < -0.3 is 5.11 Å². The Kier molecular flexibility index (Phi) is 3.49. The molecule has 0 saturated carbocycles. The van der Waals surface area contributed by atoms with E-state index in [0.29, 0.717) is 10.6 Å². The van der Waals surface area contributed by atoms with E-state index < -0.39 is 12.0 Å². The maximum absolute atomic E-state index is 11.0. The van der Waals surface area contributed by atoms with Crippen molar-refractivity contribution in [2.45, 2.75) is 13.0 Å². The highest BCUT2D eigenvalue weighted by Gasteiger charge is 2.22. The number of benzene rings is 1. The molecule has 1 aromatic carbocycles. The van der Waals surface area contributed by atoms with Crippen LogP contribution in [0.4, 0.5) is 0 Å². The van der Waals surface area contributed by atoms with E-state index in [-0.39, 0.29) is 10.8 Å². The summed E-state index contributed by atoms with van der Waals surface area (Å²) in [6, 6.07) is 4.09. The first-order valence-corrected chi connectivity index (χ1v) is 5.73. The van der Waals surface area contributed by atoms with Gasteiger partial charge in [-0.25, -0.2) is 9.48 Å². The molecule has 2 aromatic rings. The minimum atomic E-state index is -1.04. The molecule has 1 unspecified atom stereocenters. The summed E-state index contributed by atoms with van der Waals surface area (Å²) in [5, 5.41) is 20.5. The van der Waals surface area contributed by atoms with E-state index in [2.05, 4.69) is 15.5 Å². The van der Waals surface area contributed by atoms with Crippen LogP contribution >= 0.6 is 23.2 Å². The lowest BCUT2D eigenvalue weighted by Crippen LogP contribution is -2.18. The molecule has 0 aliphatic heterocycles. The van der Waals surface area contributed by atoms with Crippen molar-refractivity contribution in [3.05, 3.63) is 28.2 Å². The highest BCUT2D eigenvalue weighted by molar-refractivity contribution is 6.43. The van der Waals surface area contributed by atoms with E-state index in [4.69, 9.17) is 28.3 Å². The molecule has 94 valence electrons. The quantitative estimate of drug-likeness (QED) is 0.936. The number of halogens is 2. The van der Waals surface area contributed by atoms with E-state index in [1.54, 1.807) is 18.2 Å². The molecule has 1 heterocycles. The average molecular weight is 287 g/mol. The fourth-order valence-corrected chi connectivity index (χ4v) is 1.80. The second-order valence-corrected chi connectivity index (χ2v) is 4.35. The molecule has 0 amide bonds. The normalized spacial score (nSPS) is 12.4. The van der Waals surface area contributed by atoms with Gasteiger partial charge in [-0.3, -0.25) is 0 Å². The first-order valence-electron chi connectivity index (χ1n) is 4.97. The van der Waals surface area contributed by atoms with Crippen LogP contribution in [0.2, 0.25) is 10.0 Å². The van der Waals surface area contributed by atoms with Gasteiger partial charge >= 0.3 is 5.97 Å². The third-order valence-electron chi connectivity index (χ3n) is 2.41. The first kappa shape index (κ1) is 12.8. The first-order chi connectivity index (χ1) is 8.52. The molecular weight excluding hydrogens is 279 g/mol. The number of carbonyl (C=O) groups is 1. The predicted molar refractivity (Wildman–Crippen MR) is 65.6 cm³/mol. The maximum Gasteiger partial charge on any atom is 0.328 e. The highest BCUT2D eigenvalue weighted by Crippen LogP contribution is 2.32. The minimum absolute atomic E-state index is 0.261. The average Bonchev–Trinajstić information content (AvgIpc) is 2.80. The zero-order valence-electron chi connectivity index (χ0n) is 9.21. The minimum Gasteiger partial charge on any atom is -0.480 e. The second kappa shape index (κ2) is 4.91. The molecule has 0 aliphatic rings. The summed E-state index contributed by atoms with van der Waals surface area (Å²) in [6.07, 6.45) is 0. The third-order valence-corrected chi connectivity index (χ3v) is 3.23. The number of aromatic nitrogens is 4. The van der Waals surface area contributed by atoms with Crippen LogP contribution in [0.5, 0.6) is 0 Å². The van der Waals surface area contributed by atoms with Gasteiger partial charge in [0.1, 0.15) is 0 Å². The van der Waals surface area contributed by atoms with Gasteiger partial charge in [-0.1, -0.05) is 29.3 Å². The lowest BCUT2D eigenvalue weighted by molar-refractivity contribution is -0.140. The van der Waals surface area contributed by atoms with Gasteiger partial charge in [0.05, 0.1) is 10.0 Å². The van der Waals surface area contributed by atoms with Gasteiger partial charge in [-0.15, -0.1) is 5.10 Å². The monoisotopic (exact) mass is 286 g/mol. The van der Waals surface area contributed by atoms with Crippen molar-refractivity contribution in [2.24, 2.45) is 0 Å². The fourth-order valence-electron chi connectivity index (χ4n) is 1.41. The van der Waals surface area contributed by atoms with Crippen LogP contribution in [0.1, 0.15) is 13.0 Å². The Hall–Kier alpha value is -1.66. The van der Waals surface area contributed by atoms with Crippen LogP contribution in [0.15, 0.2) is 18.2 Å². The number of tetrazole rings is 1. The summed E-state index contributed by atoms with van der Waals surface area (Å²) >= 11 is 12.0. The van der Waals surface area contributed by atoms with Crippen molar-refractivity contribution >= 4 is 29.2 Å². The molecule has 0 radical (unpaired) electrons. The van der Waals surface area contributed by atoms with Crippen molar-refractivity contribution in [1.82, 2.24) is 20.2 Å². The SMILES string of the molecule is CC(C(=O)O)n1nnnc1-c1cccc(Cl)c1Cl. The van der Waals surface area contributed by atoms with Crippen LogP contribution < -0.4 is 0 Å². The van der Waals surface area contributed by atoms with E-state index in [1.165, 1.54) is 11.6 Å². The maximum atomic E-state index is 11.0. The molecular formula is C10H8Cl2N4O2. The number of aliphatic carboxylic acids is 1. The summed E-state index contributed by atoms with van der Waals surface area (Å²) in [5.41, 5.74) is 0.488. The van der Waals surface area contributed by atoms with Crippen molar-refractivity contribution in [2.75, 3.05) is 0 Å². The van der Waals surface area contributed by atoms with E-state index in [1.807, 2.05) is 0 Å². The second-order valence-electron chi connectivity index (χ2n) is 3.56. The van der Waals surface area contributed by atoms with Gasteiger partial charge in [0.25, 0.3) is 0 Å². The topological polar surface area (TPSA) is 80.9 Å². The molecule has 1 atom stereocenters. The number of rotatable bonds is 3. The molecule has 2 rings (SSSR count). The van der Waals surface area contributed by atoms with Crippen LogP contribution in [-0.2, 0) is 4.79 Å². The third kappa shape index (κ3) is 2.16. The molecule has 0 spiro atoms. The Bertz CT molecular complexity index is 599. The molecule has 0 aliphatic carbocycles. The van der Waals surface area contributed by atoms with Crippen LogP contribution in [-0.4, -0.2) is 31.3 Å². The van der Waals surface area contributed by atoms with Crippen LogP contribution in [0, 0.1) is 0 Å². The van der Waals surface area contributed by atoms with Crippen molar-refractivity contribution in [3.63, 3.8) is 0 Å². The fraction of sp³-hybridized carbons (Fsp3) is 0.200. The number of carboxylic acids is 1. The van der Waals surface area contributed by atoms with E-state index in [0.717, 1.165) is 0 Å². The van der Waals surface area contributed by atoms with Gasteiger partial charge in [-0.05, 0) is 29.5 Å². The lowest BCUT2D eigenvalue weighted by atomic mass is 10.2. The Morgan fingerprint density at radius 3 is 2.83 bits per heavy atom. The highest BCUT2D eigenvalue weighted by atomic mass is 35.5. The largest absolute Gasteiger partial charge is 0.480 e. The van der Waals surface area contributed by atoms with Crippen LogP contribution in [0.25, 0.3) is 11.4 Å². The number of nitrogens with zero attached hydrogens (tertiary/aromatic N) is 4. The van der Waals surface area contributed by atoms with Crippen LogP contribution in [0.3, 0.4) is 0 Å². The zero-order chi connectivity index (χ0) is 13.3. The van der Waals surface area contributed by atoms with E-state index in [9.17, 15) is 4.79 Å². The summed E-state index contributed by atoms with van der Waals surface area (Å²) in [6.45, 7) is 1.47. The Labute approximate surface area is 112 Å². The summed E-state index contributed by atoms with van der Waals surface area (Å²) in [5.74, 6) is -0.779. The molecule has 0 bridgehead atoms. The molecule has 1 N–H and O–H groups in total. The molecule has 8 heteroatoms. The van der Waals surface area contributed by atoms with Gasteiger partial charge in [0.15, 0.2) is 11.9 Å². The Morgan fingerprint density at radius 2 is 2.17 bits per heavy atom. The van der Waals surface area contributed by atoms with Gasteiger partial charge in [0.2, 0.25) is 0 Å². The predicted octanol–water partition coefficient (Wildman–Crippen LogP) is 2.29. The number of hydrogen-bond acceptors (Lipinski definition) is 4. The molecule has 0 saturated heterocycles. The zero-order valence-corrected chi connectivity index (χ0v) is 10.7. The molecule has 18 heavy (non-hydrogen) atoms. The summed E-state index contributed by atoms with van der Waals surface area (Å²) in [4.78, 5) is 11.0.